The number of aromatic nitrogens is 2. The van der Waals surface area contributed by atoms with Crippen LogP contribution in [0.5, 0.6) is 0 Å². The topological polar surface area (TPSA) is 67.2 Å². The highest BCUT2D eigenvalue weighted by Gasteiger charge is 2.51. The van der Waals surface area contributed by atoms with E-state index in [0.29, 0.717) is 13.1 Å². The molecule has 1 heterocycles. The summed E-state index contributed by atoms with van der Waals surface area (Å²) >= 11 is 0. The van der Waals surface area contributed by atoms with E-state index in [1.54, 1.807) is 6.33 Å². The van der Waals surface area contributed by atoms with Crippen LogP contribution in [0.4, 0.5) is 0 Å². The normalized spacial score (nSPS) is 18.1. The molecule has 20 heavy (non-hydrogen) atoms. The van der Waals surface area contributed by atoms with Crippen LogP contribution >= 0.6 is 0 Å². The fraction of sp³-hybridized carbons (Fsp3) is 0.467. The SMILES string of the molecule is CCNC(Cn1cnc2ccccc21)(C(=O)O)C1CC1. The van der Waals surface area contributed by atoms with Gasteiger partial charge in [-0.1, -0.05) is 19.1 Å². The van der Waals surface area contributed by atoms with Gasteiger partial charge in [0, 0.05) is 0 Å². The molecule has 5 heteroatoms. The minimum Gasteiger partial charge on any atom is -0.480 e. The highest BCUT2D eigenvalue weighted by Crippen LogP contribution is 2.41. The summed E-state index contributed by atoms with van der Waals surface area (Å²) in [5.74, 6) is -0.555. The molecule has 0 amide bonds. The minimum atomic E-state index is -0.877. The van der Waals surface area contributed by atoms with Gasteiger partial charge in [0.1, 0.15) is 5.54 Å². The Labute approximate surface area is 117 Å². The van der Waals surface area contributed by atoms with Crippen molar-refractivity contribution in [2.75, 3.05) is 6.54 Å². The highest BCUT2D eigenvalue weighted by molar-refractivity contribution is 5.81. The first-order valence-electron chi connectivity index (χ1n) is 7.05. The lowest BCUT2D eigenvalue weighted by Gasteiger charge is -2.31. The second kappa shape index (κ2) is 4.90. The molecule has 1 saturated carbocycles. The standard InChI is InChI=1S/C15H19N3O2/c1-2-17-15(14(19)20,11-7-8-11)9-18-10-16-12-5-3-4-6-13(12)18/h3-6,10-11,17H,2,7-9H2,1H3,(H,19,20). The van der Waals surface area contributed by atoms with Crippen LogP contribution < -0.4 is 5.32 Å². The van der Waals surface area contributed by atoms with E-state index in [1.165, 1.54) is 0 Å². The number of carboxylic acids is 1. The van der Waals surface area contributed by atoms with Crippen molar-refractivity contribution in [3.8, 4) is 0 Å². The van der Waals surface area contributed by atoms with Gasteiger partial charge in [0.2, 0.25) is 0 Å². The number of aliphatic carboxylic acids is 1. The van der Waals surface area contributed by atoms with Gasteiger partial charge < -0.3 is 15.0 Å². The van der Waals surface area contributed by atoms with Crippen molar-refractivity contribution in [3.63, 3.8) is 0 Å². The molecule has 3 rings (SSSR count). The number of imidazole rings is 1. The highest BCUT2D eigenvalue weighted by atomic mass is 16.4. The van der Waals surface area contributed by atoms with Crippen LogP contribution in [0.3, 0.4) is 0 Å². The maximum absolute atomic E-state index is 11.9. The number of nitrogens with zero attached hydrogens (tertiary/aromatic N) is 2. The van der Waals surface area contributed by atoms with E-state index in [1.807, 2.05) is 35.8 Å². The van der Waals surface area contributed by atoms with Gasteiger partial charge in [-0.2, -0.15) is 0 Å². The lowest BCUT2D eigenvalue weighted by atomic mass is 9.92. The molecule has 1 atom stereocenters. The Morgan fingerprint density at radius 2 is 2.25 bits per heavy atom. The summed E-state index contributed by atoms with van der Waals surface area (Å²) < 4.78 is 1.95. The van der Waals surface area contributed by atoms with Crippen LogP contribution in [0.1, 0.15) is 19.8 Å². The van der Waals surface area contributed by atoms with E-state index in [-0.39, 0.29) is 5.92 Å². The molecule has 2 N–H and O–H groups in total. The summed E-state index contributed by atoms with van der Waals surface area (Å²) in [5, 5.41) is 13.0. The molecular formula is C15H19N3O2. The molecule has 1 aliphatic rings. The largest absolute Gasteiger partial charge is 0.480 e. The summed E-state index contributed by atoms with van der Waals surface area (Å²) in [6.07, 6.45) is 3.69. The number of hydrogen-bond donors (Lipinski definition) is 2. The van der Waals surface area contributed by atoms with Crippen molar-refractivity contribution < 1.29 is 9.90 Å². The summed E-state index contributed by atoms with van der Waals surface area (Å²) in [4.78, 5) is 16.2. The third-order valence-corrected chi connectivity index (χ3v) is 4.10. The minimum absolute atomic E-state index is 0.209. The van der Waals surface area contributed by atoms with Crippen LogP contribution in [-0.2, 0) is 11.3 Å². The Bertz CT molecular complexity index is 633. The summed E-state index contributed by atoms with van der Waals surface area (Å²) in [5.41, 5.74) is 1.01. The molecule has 0 saturated heterocycles. The quantitative estimate of drug-likeness (QED) is 0.843. The van der Waals surface area contributed by atoms with Crippen molar-refractivity contribution in [3.05, 3.63) is 30.6 Å². The zero-order valence-electron chi connectivity index (χ0n) is 11.5. The van der Waals surface area contributed by atoms with E-state index in [0.717, 1.165) is 23.9 Å². The van der Waals surface area contributed by atoms with Crippen molar-refractivity contribution in [1.82, 2.24) is 14.9 Å². The molecule has 0 spiro atoms. The molecular weight excluding hydrogens is 254 g/mol. The van der Waals surface area contributed by atoms with Gasteiger partial charge in [-0.05, 0) is 37.4 Å². The molecule has 106 valence electrons. The van der Waals surface area contributed by atoms with E-state index in [2.05, 4.69) is 10.3 Å². The number of hydrogen-bond acceptors (Lipinski definition) is 3. The number of nitrogens with one attached hydrogen (secondary N) is 1. The first kappa shape index (κ1) is 13.1. The van der Waals surface area contributed by atoms with Crippen LogP contribution in [0.25, 0.3) is 11.0 Å². The van der Waals surface area contributed by atoms with Crippen molar-refractivity contribution >= 4 is 17.0 Å². The maximum atomic E-state index is 11.9. The Hall–Kier alpha value is -1.88. The summed E-state index contributed by atoms with van der Waals surface area (Å²) in [7, 11) is 0. The molecule has 2 aromatic rings. The maximum Gasteiger partial charge on any atom is 0.326 e. The monoisotopic (exact) mass is 273 g/mol. The van der Waals surface area contributed by atoms with Crippen LogP contribution in [0, 0.1) is 5.92 Å². The third-order valence-electron chi connectivity index (χ3n) is 4.10. The Balaban J connectivity index is 1.99. The second-order valence-electron chi connectivity index (χ2n) is 5.44. The fourth-order valence-corrected chi connectivity index (χ4v) is 2.94. The average Bonchev–Trinajstić information content (AvgIpc) is 3.21. The summed E-state index contributed by atoms with van der Waals surface area (Å²) in [6.45, 7) is 3.02. The lowest BCUT2D eigenvalue weighted by Crippen LogP contribution is -2.56. The predicted molar refractivity (Wildman–Crippen MR) is 76.5 cm³/mol. The first-order chi connectivity index (χ1) is 9.67. The van der Waals surface area contributed by atoms with E-state index in [4.69, 9.17) is 0 Å². The predicted octanol–water partition coefficient (Wildman–Crippen LogP) is 1.88. The van der Waals surface area contributed by atoms with Gasteiger partial charge in [0.25, 0.3) is 0 Å². The van der Waals surface area contributed by atoms with E-state index in [9.17, 15) is 9.90 Å². The van der Waals surface area contributed by atoms with Gasteiger partial charge in [-0.15, -0.1) is 0 Å². The molecule has 5 nitrogen and oxygen atoms in total. The zero-order chi connectivity index (χ0) is 14.2. The Morgan fingerprint density at radius 3 is 2.90 bits per heavy atom. The van der Waals surface area contributed by atoms with E-state index < -0.39 is 11.5 Å². The Morgan fingerprint density at radius 1 is 1.50 bits per heavy atom. The number of carbonyl (C=O) groups is 1. The van der Waals surface area contributed by atoms with Crippen LogP contribution in [-0.4, -0.2) is 32.7 Å². The number of likely N-dealkylation sites (N-methyl/N-ethyl adjacent to an activating group) is 1. The molecule has 1 aliphatic carbocycles. The van der Waals surface area contributed by atoms with Crippen molar-refractivity contribution in [2.45, 2.75) is 31.8 Å². The molecule has 1 fully saturated rings. The van der Waals surface area contributed by atoms with Crippen molar-refractivity contribution in [2.24, 2.45) is 5.92 Å². The zero-order valence-corrected chi connectivity index (χ0v) is 11.5. The Kier molecular flexibility index (Phi) is 3.22. The van der Waals surface area contributed by atoms with Crippen molar-refractivity contribution in [1.29, 1.82) is 0 Å². The number of carboxylic acid groups (broad SMARTS) is 1. The third kappa shape index (κ3) is 2.08. The van der Waals surface area contributed by atoms with Crippen LogP contribution in [0.2, 0.25) is 0 Å². The van der Waals surface area contributed by atoms with Gasteiger partial charge in [-0.25, -0.2) is 4.98 Å². The molecule has 0 aliphatic heterocycles. The molecule has 1 aromatic heterocycles. The summed E-state index contributed by atoms with van der Waals surface area (Å²) in [6, 6.07) is 7.81. The molecule has 0 bridgehead atoms. The smallest absolute Gasteiger partial charge is 0.326 e. The van der Waals surface area contributed by atoms with Crippen LogP contribution in [0.15, 0.2) is 30.6 Å². The second-order valence-corrected chi connectivity index (χ2v) is 5.44. The molecule has 0 radical (unpaired) electrons. The van der Waals surface area contributed by atoms with Gasteiger partial charge in [0.15, 0.2) is 0 Å². The van der Waals surface area contributed by atoms with E-state index >= 15 is 0 Å². The van der Waals surface area contributed by atoms with Gasteiger partial charge in [0.05, 0.1) is 23.9 Å². The average molecular weight is 273 g/mol. The molecule has 1 aromatic carbocycles. The number of para-hydroxylation sites is 2. The van der Waals surface area contributed by atoms with Gasteiger partial charge in [-0.3, -0.25) is 4.79 Å². The molecule has 1 unspecified atom stereocenters. The first-order valence-corrected chi connectivity index (χ1v) is 7.05. The number of fused-ring (bicyclic) bond motifs is 1. The fourth-order valence-electron chi connectivity index (χ4n) is 2.94. The lowest BCUT2D eigenvalue weighted by molar-refractivity contribution is -0.146. The van der Waals surface area contributed by atoms with Gasteiger partial charge >= 0.3 is 5.97 Å². The number of rotatable bonds is 6. The number of benzene rings is 1.